The fourth-order valence-corrected chi connectivity index (χ4v) is 2.52. The van der Waals surface area contributed by atoms with Gasteiger partial charge in [-0.3, -0.25) is 9.59 Å². The number of amides is 2. The molecule has 0 atom stereocenters. The van der Waals surface area contributed by atoms with Crippen LogP contribution < -0.4 is 20.1 Å². The summed E-state index contributed by atoms with van der Waals surface area (Å²) in [6.07, 6.45) is 2.42. The Morgan fingerprint density at radius 3 is 2.43 bits per heavy atom. The van der Waals surface area contributed by atoms with Crippen LogP contribution in [0.25, 0.3) is 0 Å². The lowest BCUT2D eigenvalue weighted by atomic mass is 10.1. The van der Waals surface area contributed by atoms with Crippen LogP contribution in [0.4, 0.5) is 5.69 Å². The van der Waals surface area contributed by atoms with E-state index in [-0.39, 0.29) is 18.2 Å². The molecule has 0 aliphatic rings. The molecule has 2 aromatic carbocycles. The molecule has 0 aromatic heterocycles. The van der Waals surface area contributed by atoms with E-state index in [2.05, 4.69) is 17.2 Å². The first-order valence-corrected chi connectivity index (χ1v) is 9.28. The van der Waals surface area contributed by atoms with E-state index in [4.69, 9.17) is 9.47 Å². The summed E-state index contributed by atoms with van der Waals surface area (Å²) in [5.41, 5.74) is 0.899. The van der Waals surface area contributed by atoms with Gasteiger partial charge in [-0.05, 0) is 37.6 Å². The average Bonchev–Trinajstić information content (AvgIpc) is 2.71. The molecule has 0 unspecified atom stereocenters. The lowest BCUT2D eigenvalue weighted by Crippen LogP contribution is -2.25. The van der Waals surface area contributed by atoms with Gasteiger partial charge in [-0.25, -0.2) is 0 Å². The maximum absolute atomic E-state index is 12.2. The van der Waals surface area contributed by atoms with E-state index >= 15 is 0 Å². The number of benzene rings is 2. The van der Waals surface area contributed by atoms with Gasteiger partial charge < -0.3 is 20.1 Å². The third kappa shape index (κ3) is 6.46. The number of hydrogen-bond donors (Lipinski definition) is 2. The topological polar surface area (TPSA) is 76.7 Å². The zero-order valence-electron chi connectivity index (χ0n) is 16.1. The Morgan fingerprint density at radius 1 is 1.04 bits per heavy atom. The van der Waals surface area contributed by atoms with E-state index in [1.54, 1.807) is 30.3 Å². The highest BCUT2D eigenvalue weighted by Crippen LogP contribution is 2.26. The van der Waals surface area contributed by atoms with Crippen LogP contribution in [-0.2, 0) is 4.79 Å². The first kappa shape index (κ1) is 21.0. The zero-order chi connectivity index (χ0) is 20.2. The molecule has 0 radical (unpaired) electrons. The second-order valence-electron chi connectivity index (χ2n) is 5.92. The molecule has 0 aliphatic carbocycles. The molecular weight excluding hydrogens is 356 g/mol. The Morgan fingerprint density at radius 2 is 1.71 bits per heavy atom. The van der Waals surface area contributed by atoms with Gasteiger partial charge in [-0.1, -0.05) is 30.3 Å². The van der Waals surface area contributed by atoms with Crippen molar-refractivity contribution in [3.05, 3.63) is 66.7 Å². The molecule has 2 aromatic rings. The Balaban J connectivity index is 1.84. The molecule has 0 saturated heterocycles. The molecule has 6 heteroatoms. The summed E-state index contributed by atoms with van der Waals surface area (Å²) >= 11 is 0. The Hall–Kier alpha value is -3.28. The van der Waals surface area contributed by atoms with Crippen LogP contribution in [-0.4, -0.2) is 31.6 Å². The third-order valence-corrected chi connectivity index (χ3v) is 3.81. The maximum atomic E-state index is 12.2. The van der Waals surface area contributed by atoms with Gasteiger partial charge in [0.2, 0.25) is 5.91 Å². The van der Waals surface area contributed by atoms with Crippen molar-refractivity contribution in [2.45, 2.75) is 19.8 Å². The van der Waals surface area contributed by atoms with Gasteiger partial charge in [0.1, 0.15) is 0 Å². The summed E-state index contributed by atoms with van der Waals surface area (Å²) in [4.78, 5) is 24.4. The molecule has 148 valence electrons. The number of anilines is 1. The first-order chi connectivity index (χ1) is 13.7. The van der Waals surface area contributed by atoms with Crippen LogP contribution in [0.15, 0.2) is 61.2 Å². The maximum Gasteiger partial charge on any atom is 0.253 e. The average molecular weight is 382 g/mol. The van der Waals surface area contributed by atoms with Crippen molar-refractivity contribution in [2.75, 3.05) is 25.1 Å². The van der Waals surface area contributed by atoms with Gasteiger partial charge in [0, 0.05) is 13.0 Å². The van der Waals surface area contributed by atoms with Gasteiger partial charge in [-0.2, -0.15) is 0 Å². The van der Waals surface area contributed by atoms with E-state index in [9.17, 15) is 9.59 Å². The first-order valence-electron chi connectivity index (χ1n) is 9.28. The molecule has 0 heterocycles. The number of carbonyl (C=O) groups excluding carboxylic acids is 2. The largest absolute Gasteiger partial charge is 0.490 e. The van der Waals surface area contributed by atoms with Gasteiger partial charge >= 0.3 is 0 Å². The van der Waals surface area contributed by atoms with Crippen LogP contribution in [0.3, 0.4) is 0 Å². The highest BCUT2D eigenvalue weighted by Gasteiger charge is 2.12. The molecule has 0 saturated carbocycles. The van der Waals surface area contributed by atoms with Gasteiger partial charge in [-0.15, -0.1) is 6.58 Å². The minimum Gasteiger partial charge on any atom is -0.490 e. The van der Waals surface area contributed by atoms with Crippen LogP contribution in [0, 0.1) is 0 Å². The van der Waals surface area contributed by atoms with E-state index in [1.807, 2.05) is 31.2 Å². The summed E-state index contributed by atoms with van der Waals surface area (Å²) in [7, 11) is 0. The van der Waals surface area contributed by atoms with Crippen molar-refractivity contribution < 1.29 is 19.1 Å². The van der Waals surface area contributed by atoms with E-state index < -0.39 is 0 Å². The smallest absolute Gasteiger partial charge is 0.253 e. The normalized spacial score (nSPS) is 10.0. The summed E-state index contributed by atoms with van der Waals surface area (Å²) in [5, 5.41) is 5.50. The van der Waals surface area contributed by atoms with E-state index in [0.717, 1.165) is 0 Å². The molecule has 6 nitrogen and oxygen atoms in total. The number of hydrogen-bond acceptors (Lipinski definition) is 4. The number of nitrogens with one attached hydrogen (secondary N) is 2. The third-order valence-electron chi connectivity index (χ3n) is 3.81. The van der Waals surface area contributed by atoms with Crippen LogP contribution in [0.5, 0.6) is 11.5 Å². The van der Waals surface area contributed by atoms with E-state index in [1.165, 1.54) is 0 Å². The van der Waals surface area contributed by atoms with Gasteiger partial charge in [0.25, 0.3) is 5.91 Å². The lowest BCUT2D eigenvalue weighted by Gasteiger charge is -2.12. The van der Waals surface area contributed by atoms with Crippen molar-refractivity contribution in [3.8, 4) is 11.5 Å². The molecular formula is C22H26N2O4. The summed E-state index contributed by atoms with van der Waals surface area (Å²) in [6, 6.07) is 14.3. The van der Waals surface area contributed by atoms with Crippen molar-refractivity contribution in [3.63, 3.8) is 0 Å². The lowest BCUT2D eigenvalue weighted by molar-refractivity contribution is -0.116. The van der Waals surface area contributed by atoms with Crippen molar-refractivity contribution in [1.29, 1.82) is 0 Å². The predicted octanol–water partition coefficient (Wildman–Crippen LogP) is 3.80. The summed E-state index contributed by atoms with van der Waals surface area (Å²) in [6.45, 7) is 6.79. The van der Waals surface area contributed by atoms with E-state index in [0.29, 0.717) is 48.9 Å². The van der Waals surface area contributed by atoms with Gasteiger partial charge in [0.15, 0.2) is 11.5 Å². The molecule has 0 fully saturated rings. The standard InChI is InChI=1S/C22H26N2O4/c1-3-15-23-22(26)17-10-5-6-11-18(17)24-21(25)14-9-16-28-20-13-8-7-12-19(20)27-4-2/h3,5-8,10-13H,1,4,9,14-16H2,2H3,(H,23,26)(H,24,25). The zero-order valence-corrected chi connectivity index (χ0v) is 16.1. The summed E-state index contributed by atoms with van der Waals surface area (Å²) in [5.74, 6) is 0.917. The quantitative estimate of drug-likeness (QED) is 0.458. The van der Waals surface area contributed by atoms with Crippen molar-refractivity contribution in [1.82, 2.24) is 5.32 Å². The number of carbonyl (C=O) groups is 2. The fourth-order valence-electron chi connectivity index (χ4n) is 2.52. The number of ether oxygens (including phenoxy) is 2. The molecule has 0 bridgehead atoms. The predicted molar refractivity (Wildman–Crippen MR) is 110 cm³/mol. The highest BCUT2D eigenvalue weighted by atomic mass is 16.5. The monoisotopic (exact) mass is 382 g/mol. The van der Waals surface area contributed by atoms with Crippen molar-refractivity contribution in [2.24, 2.45) is 0 Å². The van der Waals surface area contributed by atoms with Gasteiger partial charge in [0.05, 0.1) is 24.5 Å². The van der Waals surface area contributed by atoms with Crippen molar-refractivity contribution >= 4 is 17.5 Å². The Bertz CT molecular complexity index is 805. The molecule has 2 N–H and O–H groups in total. The second kappa shape index (κ2) is 11.4. The molecule has 0 aliphatic heterocycles. The van der Waals surface area contributed by atoms with Crippen LogP contribution in [0.1, 0.15) is 30.1 Å². The number of rotatable bonds is 11. The second-order valence-corrected chi connectivity index (χ2v) is 5.92. The molecule has 2 rings (SSSR count). The minimum absolute atomic E-state index is 0.175. The molecule has 2 amide bonds. The minimum atomic E-state index is -0.258. The number of para-hydroxylation sites is 3. The SMILES string of the molecule is C=CCNC(=O)c1ccccc1NC(=O)CCCOc1ccccc1OCC. The fraction of sp³-hybridized carbons (Fsp3) is 0.273. The van der Waals surface area contributed by atoms with Crippen LogP contribution in [0.2, 0.25) is 0 Å². The summed E-state index contributed by atoms with van der Waals surface area (Å²) < 4.78 is 11.2. The molecule has 0 spiro atoms. The molecule has 28 heavy (non-hydrogen) atoms. The van der Waals surface area contributed by atoms with Crippen LogP contribution >= 0.6 is 0 Å². The Kier molecular flexibility index (Phi) is 8.59. The Labute approximate surface area is 165 Å². The highest BCUT2D eigenvalue weighted by molar-refractivity contribution is 6.03.